The SMILES string of the molecule is Cc1ccc(Cl)cc1CN=C(N)N1CCC1. The summed E-state index contributed by atoms with van der Waals surface area (Å²) in [5.41, 5.74) is 8.19. The van der Waals surface area contributed by atoms with Gasteiger partial charge in [-0.05, 0) is 36.6 Å². The van der Waals surface area contributed by atoms with Gasteiger partial charge >= 0.3 is 0 Å². The minimum Gasteiger partial charge on any atom is -0.370 e. The molecule has 0 bridgehead atoms. The maximum atomic E-state index is 5.94. The van der Waals surface area contributed by atoms with Crippen LogP contribution in [0.1, 0.15) is 17.5 Å². The molecular weight excluding hydrogens is 222 g/mol. The lowest BCUT2D eigenvalue weighted by Crippen LogP contribution is -2.46. The maximum Gasteiger partial charge on any atom is 0.191 e. The number of halogens is 1. The molecule has 1 fully saturated rings. The molecule has 0 aliphatic carbocycles. The number of benzene rings is 1. The molecule has 1 aliphatic rings. The van der Waals surface area contributed by atoms with Crippen LogP contribution in [0.5, 0.6) is 0 Å². The summed E-state index contributed by atoms with van der Waals surface area (Å²) in [6, 6.07) is 5.85. The molecule has 3 nitrogen and oxygen atoms in total. The zero-order valence-electron chi connectivity index (χ0n) is 9.41. The largest absolute Gasteiger partial charge is 0.370 e. The van der Waals surface area contributed by atoms with E-state index in [1.807, 2.05) is 18.2 Å². The number of aliphatic imine (C=N–C) groups is 1. The van der Waals surface area contributed by atoms with Crippen LogP contribution in [0.25, 0.3) is 0 Å². The quantitative estimate of drug-likeness (QED) is 0.633. The molecule has 0 radical (unpaired) electrons. The topological polar surface area (TPSA) is 41.6 Å². The highest BCUT2D eigenvalue weighted by Crippen LogP contribution is 2.16. The molecule has 1 heterocycles. The van der Waals surface area contributed by atoms with E-state index in [1.54, 1.807) is 0 Å². The molecular formula is C12H16ClN3. The van der Waals surface area contributed by atoms with Gasteiger partial charge in [0.25, 0.3) is 0 Å². The molecule has 0 saturated carbocycles. The number of rotatable bonds is 2. The standard InChI is InChI=1S/C12H16ClN3/c1-9-3-4-11(13)7-10(9)8-15-12(14)16-5-2-6-16/h3-4,7H,2,5-6,8H2,1H3,(H2,14,15). The first-order valence-corrected chi connectivity index (χ1v) is 5.84. The highest BCUT2D eigenvalue weighted by molar-refractivity contribution is 6.30. The third-order valence-electron chi connectivity index (χ3n) is 2.90. The first kappa shape index (κ1) is 11.3. The van der Waals surface area contributed by atoms with Gasteiger partial charge in [-0.3, -0.25) is 0 Å². The summed E-state index contributed by atoms with van der Waals surface area (Å²) < 4.78 is 0. The molecule has 1 saturated heterocycles. The van der Waals surface area contributed by atoms with E-state index in [1.165, 1.54) is 12.0 Å². The Balaban J connectivity index is 2.05. The van der Waals surface area contributed by atoms with E-state index in [-0.39, 0.29) is 0 Å². The average Bonchev–Trinajstić information content (AvgIpc) is 2.17. The van der Waals surface area contributed by atoms with E-state index in [2.05, 4.69) is 16.8 Å². The van der Waals surface area contributed by atoms with Crippen molar-refractivity contribution in [2.75, 3.05) is 13.1 Å². The molecule has 0 atom stereocenters. The van der Waals surface area contributed by atoms with E-state index < -0.39 is 0 Å². The Morgan fingerprint density at radius 3 is 2.88 bits per heavy atom. The van der Waals surface area contributed by atoms with Crippen LogP contribution in [0.2, 0.25) is 5.02 Å². The van der Waals surface area contributed by atoms with Gasteiger partial charge in [-0.2, -0.15) is 0 Å². The lowest BCUT2D eigenvalue weighted by molar-refractivity contribution is 0.295. The molecule has 0 amide bonds. The van der Waals surface area contributed by atoms with Crippen molar-refractivity contribution >= 4 is 17.6 Å². The smallest absolute Gasteiger partial charge is 0.191 e. The van der Waals surface area contributed by atoms with Crippen LogP contribution in [-0.4, -0.2) is 23.9 Å². The van der Waals surface area contributed by atoms with Crippen LogP contribution < -0.4 is 5.73 Å². The highest BCUT2D eigenvalue weighted by Gasteiger charge is 2.15. The lowest BCUT2D eigenvalue weighted by Gasteiger charge is -2.31. The molecule has 2 N–H and O–H groups in total. The maximum absolute atomic E-state index is 5.94. The molecule has 1 aromatic rings. The van der Waals surface area contributed by atoms with Crippen molar-refractivity contribution < 1.29 is 0 Å². The second kappa shape index (κ2) is 4.74. The molecule has 0 aromatic heterocycles. The van der Waals surface area contributed by atoms with Crippen molar-refractivity contribution in [3.8, 4) is 0 Å². The fourth-order valence-electron chi connectivity index (χ4n) is 1.62. The van der Waals surface area contributed by atoms with Gasteiger partial charge in [-0.15, -0.1) is 0 Å². The van der Waals surface area contributed by atoms with Crippen molar-refractivity contribution in [1.29, 1.82) is 0 Å². The zero-order valence-corrected chi connectivity index (χ0v) is 10.2. The Hall–Kier alpha value is -1.22. The van der Waals surface area contributed by atoms with Crippen LogP contribution in [-0.2, 0) is 6.54 Å². The monoisotopic (exact) mass is 237 g/mol. The van der Waals surface area contributed by atoms with E-state index >= 15 is 0 Å². The second-order valence-electron chi connectivity index (χ2n) is 4.09. The summed E-state index contributed by atoms with van der Waals surface area (Å²) in [6.45, 7) is 4.73. The van der Waals surface area contributed by atoms with Gasteiger partial charge in [0.1, 0.15) is 0 Å². The Bertz CT molecular complexity index is 411. The average molecular weight is 238 g/mol. The minimum atomic E-state index is 0.606. The summed E-state index contributed by atoms with van der Waals surface area (Å²) in [4.78, 5) is 6.46. The fraction of sp³-hybridized carbons (Fsp3) is 0.417. The van der Waals surface area contributed by atoms with E-state index in [0.29, 0.717) is 12.5 Å². The Morgan fingerprint density at radius 1 is 1.50 bits per heavy atom. The van der Waals surface area contributed by atoms with Crippen LogP contribution in [0.15, 0.2) is 23.2 Å². The van der Waals surface area contributed by atoms with Gasteiger partial charge in [0.15, 0.2) is 5.96 Å². The van der Waals surface area contributed by atoms with Gasteiger partial charge in [-0.25, -0.2) is 4.99 Å². The van der Waals surface area contributed by atoms with Crippen LogP contribution in [0, 0.1) is 6.92 Å². The lowest BCUT2D eigenvalue weighted by atomic mass is 10.1. The summed E-state index contributed by atoms with van der Waals surface area (Å²) in [5.74, 6) is 0.644. The number of hydrogen-bond acceptors (Lipinski definition) is 1. The van der Waals surface area contributed by atoms with Gasteiger partial charge in [-0.1, -0.05) is 17.7 Å². The number of aryl methyl sites for hydroxylation is 1. The Kier molecular flexibility index (Phi) is 3.34. The number of guanidine groups is 1. The Morgan fingerprint density at radius 2 is 2.25 bits per heavy atom. The second-order valence-corrected chi connectivity index (χ2v) is 4.52. The van der Waals surface area contributed by atoms with E-state index in [9.17, 15) is 0 Å². The fourth-order valence-corrected chi connectivity index (χ4v) is 1.82. The van der Waals surface area contributed by atoms with Crippen molar-refractivity contribution in [3.63, 3.8) is 0 Å². The third-order valence-corrected chi connectivity index (χ3v) is 3.14. The summed E-state index contributed by atoms with van der Waals surface area (Å²) in [6.07, 6.45) is 1.21. The van der Waals surface area contributed by atoms with Gasteiger partial charge < -0.3 is 10.6 Å². The third kappa shape index (κ3) is 2.47. The highest BCUT2D eigenvalue weighted by atomic mass is 35.5. The molecule has 2 rings (SSSR count). The van der Waals surface area contributed by atoms with Gasteiger partial charge in [0.2, 0.25) is 0 Å². The van der Waals surface area contributed by atoms with E-state index in [0.717, 1.165) is 23.7 Å². The van der Waals surface area contributed by atoms with Gasteiger partial charge in [0, 0.05) is 18.1 Å². The molecule has 0 unspecified atom stereocenters. The molecule has 1 aliphatic heterocycles. The van der Waals surface area contributed by atoms with Crippen LogP contribution >= 0.6 is 11.6 Å². The molecule has 1 aromatic carbocycles. The van der Waals surface area contributed by atoms with Crippen molar-refractivity contribution in [1.82, 2.24) is 4.90 Å². The predicted octanol–water partition coefficient (Wildman–Crippen LogP) is 2.17. The number of hydrogen-bond donors (Lipinski definition) is 1. The summed E-state index contributed by atoms with van der Waals surface area (Å²) in [5, 5.41) is 0.748. The normalized spacial score (nSPS) is 16.1. The Labute approximate surface area is 101 Å². The molecule has 86 valence electrons. The number of likely N-dealkylation sites (tertiary alicyclic amines) is 1. The van der Waals surface area contributed by atoms with Crippen molar-refractivity contribution in [2.45, 2.75) is 19.9 Å². The van der Waals surface area contributed by atoms with Crippen LogP contribution in [0.4, 0.5) is 0 Å². The first-order valence-electron chi connectivity index (χ1n) is 5.47. The summed E-state index contributed by atoms with van der Waals surface area (Å²) >= 11 is 5.94. The number of nitrogens with zero attached hydrogens (tertiary/aromatic N) is 2. The minimum absolute atomic E-state index is 0.606. The van der Waals surface area contributed by atoms with Crippen molar-refractivity contribution in [3.05, 3.63) is 34.3 Å². The summed E-state index contributed by atoms with van der Waals surface area (Å²) in [7, 11) is 0. The van der Waals surface area contributed by atoms with Crippen LogP contribution in [0.3, 0.4) is 0 Å². The first-order chi connectivity index (χ1) is 7.66. The molecule has 16 heavy (non-hydrogen) atoms. The molecule has 0 spiro atoms. The van der Waals surface area contributed by atoms with Gasteiger partial charge in [0.05, 0.1) is 6.54 Å². The number of nitrogens with two attached hydrogens (primary N) is 1. The van der Waals surface area contributed by atoms with Crippen molar-refractivity contribution in [2.24, 2.45) is 10.7 Å². The predicted molar refractivity (Wildman–Crippen MR) is 67.7 cm³/mol. The molecule has 4 heteroatoms. The van der Waals surface area contributed by atoms with E-state index in [4.69, 9.17) is 17.3 Å². The zero-order chi connectivity index (χ0) is 11.5.